The van der Waals surface area contributed by atoms with Crippen LogP contribution in [0.25, 0.3) is 20.8 Å². The predicted molar refractivity (Wildman–Crippen MR) is 136 cm³/mol. The fourth-order valence-electron chi connectivity index (χ4n) is 3.41. The van der Waals surface area contributed by atoms with Gasteiger partial charge in [0, 0.05) is 44.7 Å². The number of nitrogens with one attached hydrogen (secondary N) is 3. The number of carbonyl (C=O) groups excluding carboxylic acids is 1. The van der Waals surface area contributed by atoms with Gasteiger partial charge in [-0.15, -0.1) is 11.3 Å². The van der Waals surface area contributed by atoms with Crippen LogP contribution < -0.4 is 20.7 Å². The maximum absolute atomic E-state index is 11.9. The lowest BCUT2D eigenvalue weighted by Crippen LogP contribution is -2.30. The number of ether oxygens (including phenoxy) is 2. The lowest BCUT2D eigenvalue weighted by molar-refractivity contribution is 0.199. The fraction of sp³-hybridized carbons (Fsp3) is 0.280. The maximum atomic E-state index is 11.9. The highest BCUT2D eigenvalue weighted by Gasteiger charge is 2.23. The van der Waals surface area contributed by atoms with Crippen LogP contribution in [0.2, 0.25) is 0 Å². The Hall–Kier alpha value is -3.60. The van der Waals surface area contributed by atoms with Crippen LogP contribution in [-0.4, -0.2) is 47.3 Å². The molecule has 0 radical (unpaired) electrons. The van der Waals surface area contributed by atoms with E-state index in [1.165, 1.54) is 0 Å². The Bertz CT molecular complexity index is 1290. The summed E-state index contributed by atoms with van der Waals surface area (Å²) in [6.45, 7) is 2.23. The topological polar surface area (TPSA) is 110 Å². The summed E-state index contributed by atoms with van der Waals surface area (Å²) in [6, 6.07) is 11.5. The minimum absolute atomic E-state index is 0.236. The number of urea groups is 1. The molecule has 0 atom stereocenters. The second-order valence-corrected chi connectivity index (χ2v) is 9.26. The van der Waals surface area contributed by atoms with Crippen LogP contribution in [0.3, 0.4) is 0 Å². The summed E-state index contributed by atoms with van der Waals surface area (Å²) in [5.74, 6) is 1.74. The molecule has 0 bridgehead atoms. The zero-order valence-corrected chi connectivity index (χ0v) is 20.1. The lowest BCUT2D eigenvalue weighted by Gasteiger charge is -2.08. The van der Waals surface area contributed by atoms with Gasteiger partial charge in [-0.3, -0.25) is 15.3 Å². The molecular weight excluding hydrogens is 464 g/mol. The molecule has 4 heterocycles. The number of hydrogen-bond acceptors (Lipinski definition) is 8. The average molecular weight is 491 g/mol. The van der Waals surface area contributed by atoms with E-state index in [1.807, 2.05) is 24.4 Å². The van der Waals surface area contributed by atoms with Crippen molar-refractivity contribution in [1.82, 2.24) is 25.6 Å². The first-order chi connectivity index (χ1) is 17.2. The number of methoxy groups -OCH3 is 1. The van der Waals surface area contributed by atoms with Crippen LogP contribution in [0.1, 0.15) is 18.4 Å². The summed E-state index contributed by atoms with van der Waals surface area (Å²) in [7, 11) is 1.69. The highest BCUT2D eigenvalue weighted by atomic mass is 32.1. The second kappa shape index (κ2) is 10.8. The first kappa shape index (κ1) is 23.2. The van der Waals surface area contributed by atoms with Crippen molar-refractivity contribution in [2.24, 2.45) is 0 Å². The van der Waals surface area contributed by atoms with E-state index in [1.54, 1.807) is 43.0 Å². The summed E-state index contributed by atoms with van der Waals surface area (Å²) in [5.41, 5.74) is 2.85. The molecule has 0 spiro atoms. The van der Waals surface area contributed by atoms with Crippen LogP contribution in [0.5, 0.6) is 11.5 Å². The number of hydrogen-bond donors (Lipinski definition) is 3. The lowest BCUT2D eigenvalue weighted by atomic mass is 10.2. The number of aromatic nitrogens is 3. The van der Waals surface area contributed by atoms with Gasteiger partial charge in [0.2, 0.25) is 0 Å². The SMILES string of the molecule is COCCNCc1ccc(-c2cc3nccc(Oc4ccc(NC(=O)NC5CC5)nc4)c3s2)nc1. The third-order valence-electron chi connectivity index (χ3n) is 5.38. The quantitative estimate of drug-likeness (QED) is 0.279. The molecule has 0 saturated heterocycles. The molecule has 10 heteroatoms. The van der Waals surface area contributed by atoms with E-state index in [0.29, 0.717) is 30.0 Å². The Kier molecular flexibility index (Phi) is 7.12. The van der Waals surface area contributed by atoms with Gasteiger partial charge in [0.25, 0.3) is 0 Å². The molecule has 180 valence electrons. The number of carbonyl (C=O) groups is 1. The van der Waals surface area contributed by atoms with E-state index >= 15 is 0 Å². The third-order valence-corrected chi connectivity index (χ3v) is 6.54. The van der Waals surface area contributed by atoms with E-state index in [9.17, 15) is 4.79 Å². The Labute approximate surface area is 206 Å². The zero-order valence-electron chi connectivity index (χ0n) is 19.3. The highest BCUT2D eigenvalue weighted by molar-refractivity contribution is 7.22. The van der Waals surface area contributed by atoms with Gasteiger partial charge in [-0.2, -0.15) is 0 Å². The summed E-state index contributed by atoms with van der Waals surface area (Å²) in [4.78, 5) is 26.3. The average Bonchev–Trinajstić information content (AvgIpc) is 3.57. The molecule has 0 unspecified atom stereocenters. The van der Waals surface area contributed by atoms with Gasteiger partial charge < -0.3 is 20.1 Å². The molecule has 5 rings (SSSR count). The molecule has 0 aromatic carbocycles. The predicted octanol–water partition coefficient (Wildman–Crippen LogP) is 4.57. The van der Waals surface area contributed by atoms with Crippen molar-refractivity contribution in [3.8, 4) is 22.1 Å². The van der Waals surface area contributed by atoms with Gasteiger partial charge in [-0.05, 0) is 42.7 Å². The molecule has 4 aromatic heterocycles. The standard InChI is InChI=1S/C25H26N6O3S/c1-33-11-10-26-13-16-2-6-19(28-14-16)22-12-20-24(35-22)21(8-9-27-20)34-18-5-7-23(29-15-18)31-25(32)30-17-3-4-17/h2,5-9,12,14-15,17,26H,3-4,10-11,13H2,1H3,(H2,29,30,31,32). The third kappa shape index (κ3) is 6.10. The number of pyridine rings is 3. The summed E-state index contributed by atoms with van der Waals surface area (Å²) >= 11 is 1.58. The van der Waals surface area contributed by atoms with E-state index in [-0.39, 0.29) is 6.03 Å². The molecule has 1 aliphatic carbocycles. The first-order valence-corrected chi connectivity index (χ1v) is 12.2. The van der Waals surface area contributed by atoms with Crippen molar-refractivity contribution in [3.05, 3.63) is 60.6 Å². The van der Waals surface area contributed by atoms with E-state index in [2.05, 4.69) is 37.0 Å². The monoisotopic (exact) mass is 490 g/mol. The minimum atomic E-state index is -0.236. The van der Waals surface area contributed by atoms with Crippen molar-refractivity contribution in [3.63, 3.8) is 0 Å². The minimum Gasteiger partial charge on any atom is -0.454 e. The van der Waals surface area contributed by atoms with Crippen LogP contribution in [0.15, 0.2) is 55.0 Å². The molecule has 1 fully saturated rings. The largest absolute Gasteiger partial charge is 0.454 e. The van der Waals surface area contributed by atoms with E-state index in [4.69, 9.17) is 9.47 Å². The number of thiophene rings is 1. The molecule has 0 aliphatic heterocycles. The van der Waals surface area contributed by atoms with Crippen molar-refractivity contribution >= 4 is 33.4 Å². The van der Waals surface area contributed by atoms with Gasteiger partial charge in [0.05, 0.1) is 33.6 Å². The van der Waals surface area contributed by atoms with Crippen LogP contribution in [0.4, 0.5) is 10.6 Å². The van der Waals surface area contributed by atoms with Gasteiger partial charge in [-0.25, -0.2) is 9.78 Å². The zero-order chi connectivity index (χ0) is 24.0. The van der Waals surface area contributed by atoms with Crippen molar-refractivity contribution < 1.29 is 14.3 Å². The Balaban J connectivity index is 1.26. The molecule has 35 heavy (non-hydrogen) atoms. The first-order valence-electron chi connectivity index (χ1n) is 11.4. The molecule has 2 amide bonds. The van der Waals surface area contributed by atoms with Crippen molar-refractivity contribution in [2.75, 3.05) is 25.6 Å². The van der Waals surface area contributed by atoms with Gasteiger partial charge in [0.15, 0.2) is 0 Å². The van der Waals surface area contributed by atoms with Crippen molar-refractivity contribution in [2.45, 2.75) is 25.4 Å². The normalized spacial score (nSPS) is 13.1. The van der Waals surface area contributed by atoms with Gasteiger partial charge in [-0.1, -0.05) is 6.07 Å². The molecule has 1 aliphatic rings. The van der Waals surface area contributed by atoms with E-state index < -0.39 is 0 Å². The molecule has 1 saturated carbocycles. The molecule has 9 nitrogen and oxygen atoms in total. The number of nitrogens with zero attached hydrogens (tertiary/aromatic N) is 3. The number of amides is 2. The summed E-state index contributed by atoms with van der Waals surface area (Å²) in [6.07, 6.45) is 7.27. The Morgan fingerprint density at radius 1 is 1.11 bits per heavy atom. The van der Waals surface area contributed by atoms with Crippen LogP contribution >= 0.6 is 11.3 Å². The van der Waals surface area contributed by atoms with Gasteiger partial charge >= 0.3 is 6.03 Å². The Morgan fingerprint density at radius 2 is 2.03 bits per heavy atom. The van der Waals surface area contributed by atoms with Gasteiger partial charge in [0.1, 0.15) is 17.3 Å². The maximum Gasteiger partial charge on any atom is 0.320 e. The van der Waals surface area contributed by atoms with Crippen molar-refractivity contribution in [1.29, 1.82) is 0 Å². The smallest absolute Gasteiger partial charge is 0.320 e. The number of fused-ring (bicyclic) bond motifs is 1. The molecule has 3 N–H and O–H groups in total. The number of rotatable bonds is 10. The van der Waals surface area contributed by atoms with E-state index in [0.717, 1.165) is 52.3 Å². The second-order valence-electron chi connectivity index (χ2n) is 8.21. The summed E-state index contributed by atoms with van der Waals surface area (Å²) in [5, 5.41) is 8.92. The Morgan fingerprint density at radius 3 is 2.77 bits per heavy atom. The fourth-order valence-corrected chi connectivity index (χ4v) is 4.45. The molecule has 4 aromatic rings. The highest BCUT2D eigenvalue weighted by Crippen LogP contribution is 2.38. The summed E-state index contributed by atoms with van der Waals surface area (Å²) < 4.78 is 12.1. The van der Waals surface area contributed by atoms with Crippen LogP contribution in [0, 0.1) is 0 Å². The number of anilines is 1. The molecular formula is C25H26N6O3S. The van der Waals surface area contributed by atoms with Crippen LogP contribution in [-0.2, 0) is 11.3 Å².